The largest absolute Gasteiger partial charge is 0.497 e. The lowest BCUT2D eigenvalue weighted by atomic mass is 9.84. The van der Waals surface area contributed by atoms with Gasteiger partial charge in [-0.3, -0.25) is 9.00 Å². The zero-order valence-electron chi connectivity index (χ0n) is 22.4. The lowest BCUT2D eigenvalue weighted by molar-refractivity contribution is 0.0746. The summed E-state index contributed by atoms with van der Waals surface area (Å²) in [6.45, 7) is 2.80. The Balaban J connectivity index is 1.36. The van der Waals surface area contributed by atoms with Crippen LogP contribution in [0.5, 0.6) is 5.75 Å². The standard InChI is InChI=1S/C30H33Cl2N3O3S/c1-34-28(24-8-7-21(38-2)18-25(24)30(34)36)22(20-6-9-26(31)27(32)17-20)12-16-35-14-10-19(11-15-35)23-5-4-13-33-29(23)39(3)37/h4-9,13,17-19,22,28H,10-12,14-16H2,1-3H3. The Hall–Kier alpha value is -2.45. The highest BCUT2D eigenvalue weighted by molar-refractivity contribution is 7.84. The van der Waals surface area contributed by atoms with Crippen molar-refractivity contribution in [3.05, 3.63) is 87.0 Å². The van der Waals surface area contributed by atoms with E-state index in [0.717, 1.165) is 55.6 Å². The van der Waals surface area contributed by atoms with E-state index in [-0.39, 0.29) is 17.9 Å². The van der Waals surface area contributed by atoms with E-state index >= 15 is 0 Å². The van der Waals surface area contributed by atoms with Gasteiger partial charge in [0.15, 0.2) is 0 Å². The van der Waals surface area contributed by atoms with Crippen LogP contribution in [0.2, 0.25) is 10.0 Å². The van der Waals surface area contributed by atoms with Gasteiger partial charge < -0.3 is 14.5 Å². The molecule has 0 spiro atoms. The number of amides is 1. The van der Waals surface area contributed by atoms with Crippen molar-refractivity contribution < 1.29 is 13.7 Å². The number of nitrogens with zero attached hydrogens (tertiary/aromatic N) is 3. The van der Waals surface area contributed by atoms with E-state index in [2.05, 4.69) is 16.0 Å². The summed E-state index contributed by atoms with van der Waals surface area (Å²) in [5, 5.41) is 1.74. The van der Waals surface area contributed by atoms with Crippen LogP contribution < -0.4 is 4.74 Å². The van der Waals surface area contributed by atoms with Crippen LogP contribution in [0, 0.1) is 0 Å². The molecule has 2 aliphatic rings. The Morgan fingerprint density at radius 3 is 2.54 bits per heavy atom. The van der Waals surface area contributed by atoms with Crippen molar-refractivity contribution in [1.29, 1.82) is 0 Å². The number of methoxy groups -OCH3 is 1. The molecule has 3 heterocycles. The summed E-state index contributed by atoms with van der Waals surface area (Å²) in [6.07, 6.45) is 6.27. The number of rotatable bonds is 8. The predicted octanol–water partition coefficient (Wildman–Crippen LogP) is 6.31. The first-order valence-corrected chi connectivity index (χ1v) is 15.5. The van der Waals surface area contributed by atoms with Crippen LogP contribution in [0.4, 0.5) is 0 Å². The van der Waals surface area contributed by atoms with Crippen LogP contribution >= 0.6 is 23.2 Å². The minimum absolute atomic E-state index is 0.000334. The van der Waals surface area contributed by atoms with E-state index in [1.807, 2.05) is 54.4 Å². The normalized spacial score (nSPS) is 19.7. The average Bonchev–Trinajstić information content (AvgIpc) is 3.20. The van der Waals surface area contributed by atoms with E-state index in [4.69, 9.17) is 27.9 Å². The molecule has 1 saturated heterocycles. The van der Waals surface area contributed by atoms with Crippen LogP contribution in [0.25, 0.3) is 0 Å². The van der Waals surface area contributed by atoms with Crippen LogP contribution in [0.1, 0.15) is 64.2 Å². The number of ether oxygens (including phenoxy) is 1. The quantitative estimate of drug-likeness (QED) is 0.310. The average molecular weight is 587 g/mol. The second-order valence-electron chi connectivity index (χ2n) is 10.4. The molecule has 5 rings (SSSR count). The third kappa shape index (κ3) is 5.73. The fourth-order valence-electron chi connectivity index (χ4n) is 6.11. The van der Waals surface area contributed by atoms with Gasteiger partial charge in [0, 0.05) is 31.0 Å². The summed E-state index contributed by atoms with van der Waals surface area (Å²) in [5.74, 6) is 1.07. The van der Waals surface area contributed by atoms with E-state index in [9.17, 15) is 9.00 Å². The molecule has 2 aliphatic heterocycles. The first-order chi connectivity index (χ1) is 18.8. The summed E-state index contributed by atoms with van der Waals surface area (Å²) in [7, 11) is 2.39. The van der Waals surface area contributed by atoms with Gasteiger partial charge in [0.2, 0.25) is 0 Å². The molecule has 0 bridgehead atoms. The van der Waals surface area contributed by atoms with Crippen molar-refractivity contribution in [2.24, 2.45) is 0 Å². The minimum atomic E-state index is -1.10. The van der Waals surface area contributed by atoms with Crippen LogP contribution in [0.3, 0.4) is 0 Å². The summed E-state index contributed by atoms with van der Waals surface area (Å²) in [6, 6.07) is 15.5. The zero-order valence-corrected chi connectivity index (χ0v) is 24.7. The number of carbonyl (C=O) groups is 1. The van der Waals surface area contributed by atoms with Gasteiger partial charge in [0.05, 0.1) is 34.0 Å². The van der Waals surface area contributed by atoms with Gasteiger partial charge in [-0.25, -0.2) is 4.98 Å². The molecule has 3 unspecified atom stereocenters. The van der Waals surface area contributed by atoms with Crippen molar-refractivity contribution in [1.82, 2.24) is 14.8 Å². The molecule has 0 radical (unpaired) electrons. The van der Waals surface area contributed by atoms with E-state index in [1.165, 1.54) is 0 Å². The van der Waals surface area contributed by atoms with Crippen molar-refractivity contribution in [3.8, 4) is 5.75 Å². The topological polar surface area (TPSA) is 62.7 Å². The predicted molar refractivity (Wildman–Crippen MR) is 157 cm³/mol. The van der Waals surface area contributed by atoms with Crippen LogP contribution in [-0.4, -0.2) is 64.9 Å². The van der Waals surface area contributed by atoms with Gasteiger partial charge >= 0.3 is 0 Å². The summed E-state index contributed by atoms with van der Waals surface area (Å²) in [5.41, 5.74) is 3.88. The number of benzene rings is 2. The van der Waals surface area contributed by atoms with Gasteiger partial charge in [0.1, 0.15) is 10.8 Å². The molecule has 3 atom stereocenters. The molecule has 9 heteroatoms. The van der Waals surface area contributed by atoms with Gasteiger partial charge in [-0.05, 0) is 91.8 Å². The summed E-state index contributed by atoms with van der Waals surface area (Å²) < 4.78 is 17.6. The first kappa shape index (κ1) is 28.1. The number of fused-ring (bicyclic) bond motifs is 1. The second-order valence-corrected chi connectivity index (χ2v) is 12.5. The fourth-order valence-corrected chi connectivity index (χ4v) is 7.19. The van der Waals surface area contributed by atoms with Gasteiger partial charge in [-0.2, -0.15) is 0 Å². The number of likely N-dealkylation sites (tertiary alicyclic amines) is 1. The maximum absolute atomic E-state index is 13.3. The highest BCUT2D eigenvalue weighted by atomic mass is 35.5. The lowest BCUT2D eigenvalue weighted by Gasteiger charge is -2.35. The number of likely N-dealkylation sites (N-methyl/N-ethyl adjacent to an activating group) is 1. The lowest BCUT2D eigenvalue weighted by Crippen LogP contribution is -2.36. The Morgan fingerprint density at radius 2 is 1.85 bits per heavy atom. The monoisotopic (exact) mass is 585 g/mol. The molecule has 0 saturated carbocycles. The molecular formula is C30H33Cl2N3O3S. The number of piperidine rings is 1. The van der Waals surface area contributed by atoms with Crippen LogP contribution in [-0.2, 0) is 10.8 Å². The third-order valence-corrected chi connectivity index (χ3v) is 9.78. The van der Waals surface area contributed by atoms with Crippen molar-refractivity contribution in [2.75, 3.05) is 40.0 Å². The van der Waals surface area contributed by atoms with Gasteiger partial charge in [-0.1, -0.05) is 41.4 Å². The summed E-state index contributed by atoms with van der Waals surface area (Å²) >= 11 is 12.7. The van der Waals surface area contributed by atoms with Gasteiger partial charge in [0.25, 0.3) is 5.91 Å². The smallest absolute Gasteiger partial charge is 0.254 e. The van der Waals surface area contributed by atoms with Crippen LogP contribution in [0.15, 0.2) is 59.8 Å². The highest BCUT2D eigenvalue weighted by Gasteiger charge is 2.40. The Morgan fingerprint density at radius 1 is 1.08 bits per heavy atom. The molecule has 1 amide bonds. The minimum Gasteiger partial charge on any atom is -0.497 e. The van der Waals surface area contributed by atoms with E-state index in [1.54, 1.807) is 19.6 Å². The Kier molecular flexibility index (Phi) is 8.62. The molecular weight excluding hydrogens is 553 g/mol. The van der Waals surface area contributed by atoms with Gasteiger partial charge in [-0.15, -0.1) is 0 Å². The number of aromatic nitrogens is 1. The maximum Gasteiger partial charge on any atom is 0.254 e. The number of pyridine rings is 1. The number of hydrogen-bond donors (Lipinski definition) is 0. The molecule has 2 aromatic carbocycles. The number of hydrogen-bond acceptors (Lipinski definition) is 5. The van der Waals surface area contributed by atoms with E-state index in [0.29, 0.717) is 32.3 Å². The van der Waals surface area contributed by atoms with E-state index < -0.39 is 10.8 Å². The Bertz CT molecular complexity index is 1390. The molecule has 0 N–H and O–H groups in total. The maximum atomic E-state index is 13.3. The molecule has 1 fully saturated rings. The number of carbonyl (C=O) groups excluding carboxylic acids is 1. The third-order valence-electron chi connectivity index (χ3n) is 8.16. The fraction of sp³-hybridized carbons (Fsp3) is 0.400. The first-order valence-electron chi connectivity index (χ1n) is 13.2. The van der Waals surface area contributed by atoms with Crippen molar-refractivity contribution >= 4 is 39.9 Å². The second kappa shape index (κ2) is 12.0. The molecule has 0 aliphatic carbocycles. The highest BCUT2D eigenvalue weighted by Crippen LogP contribution is 2.46. The molecule has 206 valence electrons. The molecule has 6 nitrogen and oxygen atoms in total. The SMILES string of the molecule is COc1ccc2c(c1)C(=O)N(C)C2C(CCN1CCC(c2cccnc2S(C)=O)CC1)c1ccc(Cl)c(Cl)c1. The molecule has 1 aromatic heterocycles. The molecule has 3 aromatic rings. The van der Waals surface area contributed by atoms with Crippen molar-refractivity contribution in [2.45, 2.75) is 42.2 Å². The number of halogens is 2. The Labute approximate surface area is 242 Å². The molecule has 39 heavy (non-hydrogen) atoms. The zero-order chi connectivity index (χ0) is 27.7. The summed E-state index contributed by atoms with van der Waals surface area (Å²) in [4.78, 5) is 22.0. The van der Waals surface area contributed by atoms with Crippen molar-refractivity contribution in [3.63, 3.8) is 0 Å².